The maximum atomic E-state index is 10.8. The zero-order valence-electron chi connectivity index (χ0n) is 8.97. The zero-order valence-corrected chi connectivity index (χ0v) is 10.5. The molecule has 5 nitrogen and oxygen atoms in total. The summed E-state index contributed by atoms with van der Waals surface area (Å²) < 4.78 is 0. The molecule has 0 unspecified atom stereocenters. The van der Waals surface area contributed by atoms with Crippen molar-refractivity contribution in [2.45, 2.75) is 6.54 Å². The highest BCUT2D eigenvalue weighted by molar-refractivity contribution is 8.14. The normalized spacial score (nSPS) is 17.7. The molecule has 2 N–H and O–H groups in total. The van der Waals surface area contributed by atoms with Gasteiger partial charge in [-0.25, -0.2) is 9.78 Å². The van der Waals surface area contributed by atoms with E-state index < -0.39 is 6.03 Å². The lowest BCUT2D eigenvalue weighted by atomic mass is 10.3. The molecule has 0 spiro atoms. The van der Waals surface area contributed by atoms with Crippen molar-refractivity contribution in [1.82, 2.24) is 9.88 Å². The average molecular weight is 271 g/mol. The SMILES string of the molecule is NC(=O)/N=C1/SCCN1Cc1ccc(Cl)nc1. The first-order chi connectivity index (χ1) is 8.15. The predicted molar refractivity (Wildman–Crippen MR) is 69.1 cm³/mol. The van der Waals surface area contributed by atoms with E-state index in [0.29, 0.717) is 16.9 Å². The third kappa shape index (κ3) is 3.34. The maximum absolute atomic E-state index is 10.8. The van der Waals surface area contributed by atoms with Crippen molar-refractivity contribution in [2.24, 2.45) is 10.7 Å². The number of nitrogens with two attached hydrogens (primary N) is 1. The molecule has 0 aliphatic carbocycles. The molecule has 1 aromatic heterocycles. The van der Waals surface area contributed by atoms with Crippen LogP contribution in [0.5, 0.6) is 0 Å². The van der Waals surface area contributed by atoms with E-state index in [9.17, 15) is 4.79 Å². The van der Waals surface area contributed by atoms with E-state index in [1.807, 2.05) is 11.0 Å². The number of amidine groups is 1. The molecule has 0 aromatic carbocycles. The van der Waals surface area contributed by atoms with Crippen LogP contribution in [0.15, 0.2) is 23.3 Å². The quantitative estimate of drug-likeness (QED) is 0.831. The minimum Gasteiger partial charge on any atom is -0.350 e. The molecule has 0 bridgehead atoms. The van der Waals surface area contributed by atoms with Crippen LogP contribution in [0.2, 0.25) is 5.15 Å². The predicted octanol–water partition coefficient (Wildman–Crippen LogP) is 1.72. The minimum absolute atomic E-state index is 0.468. The smallest absolute Gasteiger partial charge is 0.340 e. The summed E-state index contributed by atoms with van der Waals surface area (Å²) in [7, 11) is 0. The van der Waals surface area contributed by atoms with Crippen molar-refractivity contribution in [3.63, 3.8) is 0 Å². The largest absolute Gasteiger partial charge is 0.350 e. The second kappa shape index (κ2) is 5.37. The van der Waals surface area contributed by atoms with E-state index in [1.165, 1.54) is 11.8 Å². The van der Waals surface area contributed by atoms with Gasteiger partial charge in [-0.2, -0.15) is 4.99 Å². The molecule has 2 rings (SSSR count). The second-order valence-electron chi connectivity index (χ2n) is 3.49. The average Bonchev–Trinajstić information content (AvgIpc) is 2.68. The number of nitrogens with zero attached hydrogens (tertiary/aromatic N) is 3. The first kappa shape index (κ1) is 12.2. The van der Waals surface area contributed by atoms with E-state index in [0.717, 1.165) is 17.9 Å². The second-order valence-corrected chi connectivity index (χ2v) is 4.94. The van der Waals surface area contributed by atoms with Crippen LogP contribution in [-0.4, -0.2) is 33.4 Å². The molecule has 1 fully saturated rings. The van der Waals surface area contributed by atoms with Gasteiger partial charge in [0.2, 0.25) is 0 Å². The van der Waals surface area contributed by atoms with Gasteiger partial charge >= 0.3 is 6.03 Å². The van der Waals surface area contributed by atoms with Crippen LogP contribution in [0.3, 0.4) is 0 Å². The topological polar surface area (TPSA) is 71.6 Å². The Hall–Kier alpha value is -1.27. The molecule has 1 aromatic rings. The standard InChI is InChI=1S/C10H11ClN4OS/c11-8-2-1-7(5-13-8)6-15-3-4-17-10(15)14-9(12)16/h1-2,5H,3-4,6H2,(H2,12,16)/b14-10+. The van der Waals surface area contributed by atoms with Crippen LogP contribution in [0.1, 0.15) is 5.56 Å². The molecule has 2 heterocycles. The first-order valence-corrected chi connectivity index (χ1v) is 6.38. The molecule has 7 heteroatoms. The number of hydrogen-bond donors (Lipinski definition) is 1. The number of halogens is 1. The summed E-state index contributed by atoms with van der Waals surface area (Å²) in [4.78, 5) is 20.5. The van der Waals surface area contributed by atoms with Crippen LogP contribution >= 0.6 is 23.4 Å². The Kier molecular flexibility index (Phi) is 3.86. The van der Waals surface area contributed by atoms with Crippen molar-refractivity contribution in [2.75, 3.05) is 12.3 Å². The number of primary amides is 1. The summed E-state index contributed by atoms with van der Waals surface area (Å²) in [6, 6.07) is 2.99. The summed E-state index contributed by atoms with van der Waals surface area (Å²) >= 11 is 7.24. The number of hydrogen-bond acceptors (Lipinski definition) is 3. The Morgan fingerprint density at radius 2 is 2.47 bits per heavy atom. The van der Waals surface area contributed by atoms with Gasteiger partial charge in [0, 0.05) is 25.0 Å². The van der Waals surface area contributed by atoms with Gasteiger partial charge in [0.1, 0.15) is 5.15 Å². The monoisotopic (exact) mass is 270 g/mol. The van der Waals surface area contributed by atoms with Crippen molar-refractivity contribution in [3.8, 4) is 0 Å². The first-order valence-electron chi connectivity index (χ1n) is 5.01. The summed E-state index contributed by atoms with van der Waals surface area (Å²) in [6.45, 7) is 1.50. The number of carbonyl (C=O) groups is 1. The number of amides is 2. The molecule has 1 aliphatic heterocycles. The molecule has 0 radical (unpaired) electrons. The summed E-state index contributed by atoms with van der Waals surface area (Å²) in [5.41, 5.74) is 6.07. The van der Waals surface area contributed by atoms with Crippen LogP contribution < -0.4 is 5.73 Å². The number of urea groups is 1. The molecule has 17 heavy (non-hydrogen) atoms. The molecule has 1 saturated heterocycles. The number of pyridine rings is 1. The lowest BCUT2D eigenvalue weighted by Crippen LogP contribution is -2.25. The Morgan fingerprint density at radius 3 is 3.12 bits per heavy atom. The highest BCUT2D eigenvalue weighted by Crippen LogP contribution is 2.20. The van der Waals surface area contributed by atoms with Crippen molar-refractivity contribution < 1.29 is 4.79 Å². The lowest BCUT2D eigenvalue weighted by Gasteiger charge is -2.16. The molecule has 1 aliphatic rings. The fraction of sp³-hybridized carbons (Fsp3) is 0.300. The Labute approximate surface area is 108 Å². The van der Waals surface area contributed by atoms with Gasteiger partial charge in [-0.15, -0.1) is 0 Å². The van der Waals surface area contributed by atoms with Crippen LogP contribution in [0, 0.1) is 0 Å². The molecular formula is C10H11ClN4OS. The molecule has 90 valence electrons. The van der Waals surface area contributed by atoms with Gasteiger partial charge in [0.25, 0.3) is 0 Å². The van der Waals surface area contributed by atoms with Crippen LogP contribution in [0.4, 0.5) is 4.79 Å². The van der Waals surface area contributed by atoms with E-state index in [4.69, 9.17) is 17.3 Å². The fourth-order valence-electron chi connectivity index (χ4n) is 1.50. The van der Waals surface area contributed by atoms with Gasteiger partial charge in [-0.1, -0.05) is 29.4 Å². The van der Waals surface area contributed by atoms with Crippen LogP contribution in [-0.2, 0) is 6.54 Å². The van der Waals surface area contributed by atoms with Crippen molar-refractivity contribution in [3.05, 3.63) is 29.0 Å². The van der Waals surface area contributed by atoms with Gasteiger partial charge in [-0.05, 0) is 11.6 Å². The summed E-state index contributed by atoms with van der Waals surface area (Å²) in [5, 5.41) is 1.14. The van der Waals surface area contributed by atoms with Crippen molar-refractivity contribution in [1.29, 1.82) is 0 Å². The third-order valence-electron chi connectivity index (χ3n) is 2.23. The minimum atomic E-state index is -0.659. The number of carbonyl (C=O) groups excluding carboxylic acids is 1. The van der Waals surface area contributed by atoms with Crippen molar-refractivity contribution >= 4 is 34.6 Å². The van der Waals surface area contributed by atoms with Gasteiger partial charge in [-0.3, -0.25) is 0 Å². The molecular weight excluding hydrogens is 260 g/mol. The number of aromatic nitrogens is 1. The highest BCUT2D eigenvalue weighted by atomic mass is 35.5. The highest BCUT2D eigenvalue weighted by Gasteiger charge is 2.20. The third-order valence-corrected chi connectivity index (χ3v) is 3.45. The number of aliphatic imine (C=N–C) groups is 1. The van der Waals surface area contributed by atoms with E-state index in [-0.39, 0.29) is 0 Å². The van der Waals surface area contributed by atoms with Crippen LogP contribution in [0.25, 0.3) is 0 Å². The Morgan fingerprint density at radius 1 is 1.65 bits per heavy atom. The fourth-order valence-corrected chi connectivity index (χ4v) is 2.60. The molecule has 0 saturated carbocycles. The van der Waals surface area contributed by atoms with E-state index in [2.05, 4.69) is 9.98 Å². The molecule has 2 amide bonds. The maximum Gasteiger partial charge on any atom is 0.340 e. The number of thioether (sulfide) groups is 1. The lowest BCUT2D eigenvalue weighted by molar-refractivity contribution is 0.256. The van der Waals surface area contributed by atoms with Gasteiger partial charge in [0.05, 0.1) is 0 Å². The zero-order chi connectivity index (χ0) is 12.3. The number of rotatable bonds is 2. The summed E-state index contributed by atoms with van der Waals surface area (Å²) in [6.07, 6.45) is 1.72. The Bertz CT molecular complexity index is 448. The summed E-state index contributed by atoms with van der Waals surface area (Å²) in [5.74, 6) is 0.910. The van der Waals surface area contributed by atoms with E-state index in [1.54, 1.807) is 12.3 Å². The van der Waals surface area contributed by atoms with Gasteiger partial charge < -0.3 is 10.6 Å². The Balaban J connectivity index is 2.07. The van der Waals surface area contributed by atoms with Gasteiger partial charge in [0.15, 0.2) is 5.17 Å². The van der Waals surface area contributed by atoms with E-state index >= 15 is 0 Å². The molecule has 0 atom stereocenters.